The minimum Gasteiger partial charge on any atom is -0.312 e. The lowest BCUT2D eigenvalue weighted by atomic mass is 10.2. The highest BCUT2D eigenvalue weighted by Gasteiger charge is 2.26. The Balaban J connectivity index is 1.60. The molecule has 0 radical (unpaired) electrons. The van der Waals surface area contributed by atoms with Crippen molar-refractivity contribution in [3.05, 3.63) is 35.4 Å². The van der Waals surface area contributed by atoms with Gasteiger partial charge in [-0.2, -0.15) is 11.8 Å². The molecule has 0 aliphatic carbocycles. The maximum Gasteiger partial charge on any atom is 0.151 e. The summed E-state index contributed by atoms with van der Waals surface area (Å²) in [5.74, 6) is 2.70. The Bertz CT molecular complexity index is 514. The van der Waals surface area contributed by atoms with Crippen LogP contribution in [0.1, 0.15) is 17.5 Å². The van der Waals surface area contributed by atoms with E-state index >= 15 is 0 Å². The third-order valence-corrected chi connectivity index (χ3v) is 6.06. The van der Waals surface area contributed by atoms with Crippen molar-refractivity contribution in [2.75, 3.05) is 23.8 Å². The number of hydrogen-bond donors (Lipinski definition) is 1. The highest BCUT2D eigenvalue weighted by atomic mass is 32.2. The van der Waals surface area contributed by atoms with Crippen LogP contribution < -0.4 is 5.32 Å². The Morgan fingerprint density at radius 3 is 2.95 bits per heavy atom. The zero-order valence-electron chi connectivity index (χ0n) is 11.3. The second kappa shape index (κ2) is 6.77. The molecule has 106 valence electrons. The number of nitrogens with one attached hydrogen (secondary N) is 1. The molecule has 1 aliphatic rings. The third-order valence-electron chi connectivity index (χ3n) is 3.26. The van der Waals surface area contributed by atoms with E-state index in [-0.39, 0.29) is 6.04 Å². The molecule has 0 bridgehead atoms. The highest BCUT2D eigenvalue weighted by Crippen LogP contribution is 2.14. The number of benzene rings is 1. The van der Waals surface area contributed by atoms with Crippen molar-refractivity contribution in [2.45, 2.75) is 25.1 Å². The van der Waals surface area contributed by atoms with E-state index in [1.807, 2.05) is 11.8 Å². The predicted molar refractivity (Wildman–Crippen MR) is 82.4 cm³/mol. The molecule has 1 aromatic rings. The van der Waals surface area contributed by atoms with Gasteiger partial charge in [-0.1, -0.05) is 29.8 Å². The van der Waals surface area contributed by atoms with Crippen LogP contribution in [0.15, 0.2) is 24.3 Å². The first-order chi connectivity index (χ1) is 9.05. The van der Waals surface area contributed by atoms with Crippen molar-refractivity contribution in [2.24, 2.45) is 0 Å². The Morgan fingerprint density at radius 1 is 1.42 bits per heavy atom. The second-order valence-electron chi connectivity index (χ2n) is 5.10. The van der Waals surface area contributed by atoms with Crippen molar-refractivity contribution in [3.8, 4) is 0 Å². The maximum absolute atomic E-state index is 11.3. The van der Waals surface area contributed by atoms with Gasteiger partial charge in [0.2, 0.25) is 0 Å². The molecule has 0 aromatic heterocycles. The van der Waals surface area contributed by atoms with Gasteiger partial charge in [-0.25, -0.2) is 8.42 Å². The average Bonchev–Trinajstić information content (AvgIpc) is 2.69. The first-order valence-corrected chi connectivity index (χ1v) is 9.60. The largest absolute Gasteiger partial charge is 0.312 e. The number of rotatable bonds is 6. The van der Waals surface area contributed by atoms with E-state index in [1.165, 1.54) is 11.1 Å². The van der Waals surface area contributed by atoms with Crippen LogP contribution in [0, 0.1) is 6.92 Å². The summed E-state index contributed by atoms with van der Waals surface area (Å²) >= 11 is 1.89. The lowest BCUT2D eigenvalue weighted by molar-refractivity contribution is 0.575. The van der Waals surface area contributed by atoms with Crippen LogP contribution in [0.2, 0.25) is 0 Å². The molecule has 19 heavy (non-hydrogen) atoms. The number of hydrogen-bond acceptors (Lipinski definition) is 4. The molecule has 0 amide bonds. The van der Waals surface area contributed by atoms with Gasteiger partial charge in [0.25, 0.3) is 0 Å². The topological polar surface area (TPSA) is 46.2 Å². The summed E-state index contributed by atoms with van der Waals surface area (Å²) in [6.45, 7) is 2.99. The minimum atomic E-state index is -2.76. The monoisotopic (exact) mass is 299 g/mol. The van der Waals surface area contributed by atoms with Crippen LogP contribution in [0.3, 0.4) is 0 Å². The van der Waals surface area contributed by atoms with E-state index in [2.05, 4.69) is 36.5 Å². The summed E-state index contributed by atoms with van der Waals surface area (Å²) in [6.07, 6.45) is 0.769. The molecular formula is C14H21NO2S2. The Labute approximate surface area is 120 Å². The maximum atomic E-state index is 11.3. The van der Waals surface area contributed by atoms with Gasteiger partial charge in [0.1, 0.15) is 0 Å². The molecule has 1 heterocycles. The van der Waals surface area contributed by atoms with Crippen LogP contribution in [0.4, 0.5) is 0 Å². The fourth-order valence-electron chi connectivity index (χ4n) is 2.28. The van der Waals surface area contributed by atoms with E-state index in [0.717, 1.165) is 24.5 Å². The van der Waals surface area contributed by atoms with E-state index < -0.39 is 9.84 Å². The lowest BCUT2D eigenvalue weighted by Gasteiger charge is -2.10. The number of aryl methyl sites for hydroxylation is 1. The van der Waals surface area contributed by atoms with Crippen LogP contribution in [-0.2, 0) is 15.6 Å². The van der Waals surface area contributed by atoms with E-state index in [1.54, 1.807) is 0 Å². The average molecular weight is 299 g/mol. The Hall–Kier alpha value is -0.520. The summed E-state index contributed by atoms with van der Waals surface area (Å²) in [4.78, 5) is 0. The Morgan fingerprint density at radius 2 is 2.26 bits per heavy atom. The van der Waals surface area contributed by atoms with Crippen LogP contribution >= 0.6 is 11.8 Å². The normalized spacial score (nSPS) is 21.6. The number of thioether (sulfide) groups is 1. The lowest BCUT2D eigenvalue weighted by Crippen LogP contribution is -2.31. The van der Waals surface area contributed by atoms with Gasteiger partial charge in [-0.3, -0.25) is 0 Å². The van der Waals surface area contributed by atoms with Gasteiger partial charge >= 0.3 is 0 Å². The molecule has 1 aromatic carbocycles. The first-order valence-electron chi connectivity index (χ1n) is 6.62. The molecule has 3 nitrogen and oxygen atoms in total. The van der Waals surface area contributed by atoms with Crippen LogP contribution in [0.5, 0.6) is 0 Å². The summed E-state index contributed by atoms with van der Waals surface area (Å²) in [6, 6.07) is 8.73. The summed E-state index contributed by atoms with van der Waals surface area (Å²) in [5, 5.41) is 3.33. The van der Waals surface area contributed by atoms with Crippen LogP contribution in [-0.4, -0.2) is 38.3 Å². The molecule has 5 heteroatoms. The van der Waals surface area contributed by atoms with Crippen LogP contribution in [0.25, 0.3) is 0 Å². The van der Waals surface area contributed by atoms with E-state index in [0.29, 0.717) is 11.5 Å². The van der Waals surface area contributed by atoms with E-state index in [9.17, 15) is 8.42 Å². The molecule has 2 rings (SSSR count). The summed E-state index contributed by atoms with van der Waals surface area (Å²) in [7, 11) is -2.76. The van der Waals surface area contributed by atoms with Gasteiger partial charge in [0.05, 0.1) is 11.5 Å². The van der Waals surface area contributed by atoms with E-state index in [4.69, 9.17) is 0 Å². The fraction of sp³-hybridized carbons (Fsp3) is 0.571. The fourth-order valence-corrected chi connectivity index (χ4v) is 4.81. The molecule has 0 saturated carbocycles. The van der Waals surface area contributed by atoms with Crippen molar-refractivity contribution < 1.29 is 8.42 Å². The molecule has 1 N–H and O–H groups in total. The molecule has 1 unspecified atom stereocenters. The number of sulfone groups is 1. The highest BCUT2D eigenvalue weighted by molar-refractivity contribution is 7.98. The molecule has 1 saturated heterocycles. The molecule has 1 atom stereocenters. The molecule has 0 spiro atoms. The third kappa shape index (κ3) is 5.16. The first kappa shape index (κ1) is 14.9. The van der Waals surface area contributed by atoms with Gasteiger partial charge in [-0.15, -0.1) is 0 Å². The molecule has 1 fully saturated rings. The van der Waals surface area contributed by atoms with Gasteiger partial charge in [0.15, 0.2) is 9.84 Å². The Kier molecular flexibility index (Phi) is 5.30. The van der Waals surface area contributed by atoms with Gasteiger partial charge in [-0.05, 0) is 18.9 Å². The van der Waals surface area contributed by atoms with Crippen molar-refractivity contribution in [3.63, 3.8) is 0 Å². The smallest absolute Gasteiger partial charge is 0.151 e. The predicted octanol–water partition coefficient (Wildman–Crippen LogP) is 2.00. The second-order valence-corrected chi connectivity index (χ2v) is 8.43. The minimum absolute atomic E-state index is 0.171. The SMILES string of the molecule is Cc1cccc(CSCCNC2CCS(=O)(=O)C2)c1. The van der Waals surface area contributed by atoms with Crippen molar-refractivity contribution in [1.82, 2.24) is 5.32 Å². The van der Waals surface area contributed by atoms with Crippen molar-refractivity contribution in [1.29, 1.82) is 0 Å². The quantitative estimate of drug-likeness (QED) is 0.816. The molecule has 1 aliphatic heterocycles. The summed E-state index contributed by atoms with van der Waals surface area (Å²) < 4.78 is 22.6. The van der Waals surface area contributed by atoms with Gasteiger partial charge in [0, 0.05) is 24.1 Å². The van der Waals surface area contributed by atoms with Gasteiger partial charge < -0.3 is 5.32 Å². The summed E-state index contributed by atoms with van der Waals surface area (Å²) in [5.41, 5.74) is 2.65. The standard InChI is InChI=1S/C14H21NO2S2/c1-12-3-2-4-13(9-12)10-18-7-6-15-14-5-8-19(16,17)11-14/h2-4,9,14-15H,5-8,10-11H2,1H3. The zero-order chi connectivity index (χ0) is 13.7. The van der Waals surface area contributed by atoms with Crippen molar-refractivity contribution >= 4 is 21.6 Å². The molecular weight excluding hydrogens is 278 g/mol. The zero-order valence-corrected chi connectivity index (χ0v) is 12.9.